The van der Waals surface area contributed by atoms with Crippen LogP contribution in [0.4, 0.5) is 4.79 Å². The van der Waals surface area contributed by atoms with Crippen LogP contribution in [-0.2, 0) is 17.9 Å². The van der Waals surface area contributed by atoms with Crippen LogP contribution in [-0.4, -0.2) is 22.7 Å². The standard InChI is InChI=1S/C31H23BrN2O4S/c1-2-37-27-15-20(14-26(32)29(27)38-19-24-10-4-3-9-22(24)17-33)16-28-30(35)34(31(36)39-28)18-23-12-7-11-21-8-5-6-13-25(21)23/h3-16H,2,18-19H2,1H3/b28-16+. The van der Waals surface area contributed by atoms with E-state index in [-0.39, 0.29) is 24.3 Å². The predicted molar refractivity (Wildman–Crippen MR) is 156 cm³/mol. The van der Waals surface area contributed by atoms with E-state index in [0.29, 0.717) is 38.6 Å². The molecule has 0 spiro atoms. The normalized spacial score (nSPS) is 14.2. The molecule has 1 saturated heterocycles. The number of nitriles is 1. The zero-order valence-corrected chi connectivity index (χ0v) is 23.4. The molecule has 2 amide bonds. The molecule has 39 heavy (non-hydrogen) atoms. The lowest BCUT2D eigenvalue weighted by atomic mass is 10.0. The highest BCUT2D eigenvalue weighted by atomic mass is 79.9. The first kappa shape index (κ1) is 26.5. The number of amides is 2. The number of ether oxygens (including phenoxy) is 2. The highest BCUT2D eigenvalue weighted by Crippen LogP contribution is 2.40. The molecular weight excluding hydrogens is 576 g/mol. The third-order valence-corrected chi connectivity index (χ3v) is 7.72. The minimum atomic E-state index is -0.333. The Kier molecular flexibility index (Phi) is 8.01. The topological polar surface area (TPSA) is 79.6 Å². The van der Waals surface area contributed by atoms with Crippen molar-refractivity contribution < 1.29 is 19.1 Å². The summed E-state index contributed by atoms with van der Waals surface area (Å²) in [7, 11) is 0. The molecule has 0 saturated carbocycles. The van der Waals surface area contributed by atoms with E-state index < -0.39 is 0 Å². The Morgan fingerprint density at radius 1 is 0.974 bits per heavy atom. The fraction of sp³-hybridized carbons (Fsp3) is 0.129. The van der Waals surface area contributed by atoms with Crippen LogP contribution >= 0.6 is 27.7 Å². The van der Waals surface area contributed by atoms with Gasteiger partial charge in [-0.2, -0.15) is 5.26 Å². The predicted octanol–water partition coefficient (Wildman–Crippen LogP) is 7.69. The Morgan fingerprint density at radius 2 is 1.72 bits per heavy atom. The molecule has 1 aliphatic rings. The molecule has 1 aliphatic heterocycles. The molecule has 0 aromatic heterocycles. The van der Waals surface area contributed by atoms with Gasteiger partial charge in [0.15, 0.2) is 11.5 Å². The zero-order valence-electron chi connectivity index (χ0n) is 21.0. The maximum Gasteiger partial charge on any atom is 0.293 e. The van der Waals surface area contributed by atoms with Crippen molar-refractivity contribution in [3.8, 4) is 17.6 Å². The fourth-order valence-corrected chi connectivity index (χ4v) is 5.78. The second-order valence-corrected chi connectivity index (χ2v) is 10.6. The molecule has 5 rings (SSSR count). The van der Waals surface area contributed by atoms with E-state index in [4.69, 9.17) is 9.47 Å². The van der Waals surface area contributed by atoms with E-state index in [2.05, 4.69) is 22.0 Å². The smallest absolute Gasteiger partial charge is 0.293 e. The van der Waals surface area contributed by atoms with E-state index >= 15 is 0 Å². The summed E-state index contributed by atoms with van der Waals surface area (Å²) >= 11 is 4.49. The van der Waals surface area contributed by atoms with E-state index in [1.807, 2.05) is 73.7 Å². The Labute approximate surface area is 239 Å². The minimum Gasteiger partial charge on any atom is -0.490 e. The lowest BCUT2D eigenvalue weighted by Gasteiger charge is -2.15. The summed E-state index contributed by atoms with van der Waals surface area (Å²) in [5, 5.41) is 11.1. The number of hydrogen-bond donors (Lipinski definition) is 0. The Morgan fingerprint density at radius 3 is 2.54 bits per heavy atom. The first-order chi connectivity index (χ1) is 19.0. The number of nitrogens with zero attached hydrogens (tertiary/aromatic N) is 2. The number of thioether (sulfide) groups is 1. The van der Waals surface area contributed by atoms with Crippen molar-refractivity contribution >= 4 is 55.7 Å². The molecule has 0 aliphatic carbocycles. The molecule has 0 unspecified atom stereocenters. The van der Waals surface area contributed by atoms with Gasteiger partial charge in [-0.3, -0.25) is 14.5 Å². The number of imide groups is 1. The highest BCUT2D eigenvalue weighted by molar-refractivity contribution is 9.10. The second kappa shape index (κ2) is 11.8. The Bertz CT molecular complexity index is 1660. The van der Waals surface area contributed by atoms with Crippen molar-refractivity contribution in [3.63, 3.8) is 0 Å². The van der Waals surface area contributed by atoms with Crippen molar-refractivity contribution in [2.75, 3.05) is 6.61 Å². The summed E-state index contributed by atoms with van der Waals surface area (Å²) in [5.74, 6) is 0.647. The monoisotopic (exact) mass is 598 g/mol. The van der Waals surface area contributed by atoms with Crippen LogP contribution in [0.25, 0.3) is 16.8 Å². The Balaban J connectivity index is 1.39. The minimum absolute atomic E-state index is 0.189. The molecule has 6 nitrogen and oxygen atoms in total. The third-order valence-electron chi connectivity index (χ3n) is 6.22. The van der Waals surface area contributed by atoms with Crippen LogP contribution < -0.4 is 9.47 Å². The van der Waals surface area contributed by atoms with E-state index in [1.54, 1.807) is 18.2 Å². The molecule has 4 aromatic rings. The summed E-state index contributed by atoms with van der Waals surface area (Å²) in [4.78, 5) is 27.7. The van der Waals surface area contributed by atoms with Gasteiger partial charge in [0.25, 0.3) is 11.1 Å². The maximum absolute atomic E-state index is 13.3. The van der Waals surface area contributed by atoms with Gasteiger partial charge in [-0.25, -0.2) is 0 Å². The van der Waals surface area contributed by atoms with Gasteiger partial charge in [0, 0.05) is 5.56 Å². The second-order valence-electron chi connectivity index (χ2n) is 8.73. The summed E-state index contributed by atoms with van der Waals surface area (Å²) < 4.78 is 12.5. The number of rotatable bonds is 8. The summed E-state index contributed by atoms with van der Waals surface area (Å²) in [6, 6.07) is 26.8. The lowest BCUT2D eigenvalue weighted by molar-refractivity contribution is -0.123. The number of carbonyl (C=O) groups excluding carboxylic acids is 2. The average molecular weight is 600 g/mol. The SMILES string of the molecule is CCOc1cc(/C=C2/SC(=O)N(Cc3cccc4ccccc34)C2=O)cc(Br)c1OCc1ccccc1C#N. The summed E-state index contributed by atoms with van der Waals surface area (Å²) in [6.07, 6.45) is 1.69. The van der Waals surface area contributed by atoms with Gasteiger partial charge in [0.2, 0.25) is 0 Å². The fourth-order valence-electron chi connectivity index (χ4n) is 4.37. The first-order valence-corrected chi connectivity index (χ1v) is 13.9. The van der Waals surface area contributed by atoms with Crippen LogP contribution in [0, 0.1) is 11.3 Å². The maximum atomic E-state index is 13.3. The van der Waals surface area contributed by atoms with Gasteiger partial charge in [-0.15, -0.1) is 0 Å². The van der Waals surface area contributed by atoms with E-state index in [1.165, 1.54) is 4.90 Å². The zero-order chi connectivity index (χ0) is 27.4. The first-order valence-electron chi connectivity index (χ1n) is 12.3. The quantitative estimate of drug-likeness (QED) is 0.193. The molecule has 0 radical (unpaired) electrons. The molecule has 1 heterocycles. The number of hydrogen-bond acceptors (Lipinski definition) is 6. The summed E-state index contributed by atoms with van der Waals surface area (Å²) in [6.45, 7) is 2.67. The van der Waals surface area contributed by atoms with Gasteiger partial charge in [-0.1, -0.05) is 60.7 Å². The molecule has 8 heteroatoms. The van der Waals surface area contributed by atoms with Gasteiger partial charge in [0.05, 0.1) is 34.2 Å². The van der Waals surface area contributed by atoms with Crippen molar-refractivity contribution in [3.05, 3.63) is 110 Å². The molecule has 0 atom stereocenters. The largest absolute Gasteiger partial charge is 0.490 e. The van der Waals surface area contributed by atoms with Gasteiger partial charge < -0.3 is 9.47 Å². The van der Waals surface area contributed by atoms with Crippen molar-refractivity contribution in [1.82, 2.24) is 4.90 Å². The lowest BCUT2D eigenvalue weighted by Crippen LogP contribution is -2.27. The number of benzene rings is 4. The number of halogens is 1. The van der Waals surface area contributed by atoms with Crippen LogP contribution in [0.2, 0.25) is 0 Å². The number of carbonyl (C=O) groups is 2. The van der Waals surface area contributed by atoms with Crippen LogP contribution in [0.3, 0.4) is 0 Å². The third kappa shape index (κ3) is 5.70. The molecule has 194 valence electrons. The molecule has 4 aromatic carbocycles. The number of fused-ring (bicyclic) bond motifs is 1. The average Bonchev–Trinajstić information content (AvgIpc) is 3.20. The van der Waals surface area contributed by atoms with Crippen LogP contribution in [0.1, 0.15) is 29.2 Å². The van der Waals surface area contributed by atoms with Crippen LogP contribution in [0.15, 0.2) is 88.2 Å². The molecule has 1 fully saturated rings. The van der Waals surface area contributed by atoms with Crippen molar-refractivity contribution in [2.45, 2.75) is 20.1 Å². The molecule has 0 N–H and O–H groups in total. The Hall–Kier alpha value is -4.06. The van der Waals surface area contributed by atoms with E-state index in [0.717, 1.165) is 33.7 Å². The molecular formula is C31H23BrN2O4S. The van der Waals surface area contributed by atoms with Crippen LogP contribution in [0.5, 0.6) is 11.5 Å². The van der Waals surface area contributed by atoms with Gasteiger partial charge in [0.1, 0.15) is 6.61 Å². The summed E-state index contributed by atoms with van der Waals surface area (Å²) in [5.41, 5.74) is 2.91. The van der Waals surface area contributed by atoms with E-state index in [9.17, 15) is 14.9 Å². The van der Waals surface area contributed by atoms with Crippen molar-refractivity contribution in [1.29, 1.82) is 5.26 Å². The van der Waals surface area contributed by atoms with Gasteiger partial charge in [-0.05, 0) is 80.8 Å². The molecule has 0 bridgehead atoms. The highest BCUT2D eigenvalue weighted by Gasteiger charge is 2.35. The van der Waals surface area contributed by atoms with Gasteiger partial charge >= 0.3 is 0 Å². The van der Waals surface area contributed by atoms with Crippen molar-refractivity contribution in [2.24, 2.45) is 0 Å².